The summed E-state index contributed by atoms with van der Waals surface area (Å²) >= 11 is 3.29. The molecule has 0 fully saturated rings. The lowest BCUT2D eigenvalue weighted by molar-refractivity contribution is 0.0552. The molecule has 3 aromatic rings. The topological polar surface area (TPSA) is 91.7 Å². The van der Waals surface area contributed by atoms with Gasteiger partial charge in [-0.2, -0.15) is 0 Å². The van der Waals surface area contributed by atoms with Crippen molar-refractivity contribution in [2.24, 2.45) is 0 Å². The zero-order chi connectivity index (χ0) is 19.8. The molecule has 0 amide bonds. The zero-order valence-electron chi connectivity index (χ0n) is 14.3. The number of carbonyl (C=O) groups is 2. The molecule has 0 aliphatic heterocycles. The van der Waals surface area contributed by atoms with Crippen molar-refractivity contribution in [3.8, 4) is 0 Å². The van der Waals surface area contributed by atoms with Gasteiger partial charge in [0.15, 0.2) is 5.69 Å². The molecule has 0 atom stereocenters. The van der Waals surface area contributed by atoms with Gasteiger partial charge in [-0.25, -0.2) is 22.0 Å². The summed E-state index contributed by atoms with van der Waals surface area (Å²) in [6.45, 7) is 0. The van der Waals surface area contributed by atoms with Crippen LogP contribution < -0.4 is 0 Å². The predicted octanol–water partition coefficient (Wildman–Crippen LogP) is 3.21. The molecule has 0 unspecified atom stereocenters. The summed E-state index contributed by atoms with van der Waals surface area (Å²) in [4.78, 5) is 24.8. The first-order valence-electron chi connectivity index (χ1n) is 7.64. The summed E-state index contributed by atoms with van der Waals surface area (Å²) < 4.78 is 37.5. The number of nitrogens with zero attached hydrogens (tertiary/aromatic N) is 1. The van der Waals surface area contributed by atoms with Crippen LogP contribution in [0.2, 0.25) is 0 Å². The van der Waals surface area contributed by atoms with Gasteiger partial charge in [0.05, 0.1) is 24.6 Å². The number of hydrogen-bond acceptors (Lipinski definition) is 6. The van der Waals surface area contributed by atoms with Crippen molar-refractivity contribution in [3.63, 3.8) is 0 Å². The normalized spacial score (nSPS) is 11.4. The first-order valence-corrected chi connectivity index (χ1v) is 9.87. The van der Waals surface area contributed by atoms with E-state index in [9.17, 15) is 18.0 Å². The first-order chi connectivity index (χ1) is 12.8. The third kappa shape index (κ3) is 3.13. The van der Waals surface area contributed by atoms with Crippen LogP contribution in [0.4, 0.5) is 0 Å². The van der Waals surface area contributed by atoms with Crippen molar-refractivity contribution in [1.82, 2.24) is 3.97 Å². The quantitative estimate of drug-likeness (QED) is 0.565. The van der Waals surface area contributed by atoms with E-state index in [1.165, 1.54) is 18.2 Å². The van der Waals surface area contributed by atoms with Crippen molar-refractivity contribution in [1.29, 1.82) is 0 Å². The number of fused-ring (bicyclic) bond motifs is 1. The van der Waals surface area contributed by atoms with Crippen LogP contribution in [0.25, 0.3) is 10.9 Å². The van der Waals surface area contributed by atoms with Crippen LogP contribution in [0.1, 0.15) is 20.8 Å². The number of benzene rings is 2. The Labute approximate surface area is 163 Å². The van der Waals surface area contributed by atoms with E-state index in [0.29, 0.717) is 4.47 Å². The maximum absolute atomic E-state index is 13.3. The zero-order valence-corrected chi connectivity index (χ0v) is 16.7. The molecule has 0 saturated heterocycles. The van der Waals surface area contributed by atoms with Crippen molar-refractivity contribution in [2.75, 3.05) is 14.2 Å². The molecule has 7 nitrogen and oxygen atoms in total. The number of rotatable bonds is 4. The molecule has 9 heteroatoms. The molecule has 0 spiro atoms. The monoisotopic (exact) mass is 451 g/mol. The van der Waals surface area contributed by atoms with Gasteiger partial charge in [0.25, 0.3) is 10.0 Å². The number of esters is 2. The van der Waals surface area contributed by atoms with Crippen LogP contribution in [0.15, 0.2) is 57.9 Å². The lowest BCUT2D eigenvalue weighted by Gasteiger charge is -2.11. The average Bonchev–Trinajstić information content (AvgIpc) is 3.02. The second-order valence-electron chi connectivity index (χ2n) is 5.45. The number of aromatic nitrogens is 1. The molecule has 1 aromatic heterocycles. The molecular formula is C18H14BrNO6S. The van der Waals surface area contributed by atoms with Crippen LogP contribution in [0.3, 0.4) is 0 Å². The highest BCUT2D eigenvalue weighted by Crippen LogP contribution is 2.33. The predicted molar refractivity (Wildman–Crippen MR) is 101 cm³/mol. The fourth-order valence-electron chi connectivity index (χ4n) is 2.77. The molecule has 2 aromatic carbocycles. The standard InChI is InChI=1S/C18H14BrNO6S/c1-25-17(21)15-13-10-11(19)8-9-14(13)20(16(15)18(22)26-2)27(23,24)12-6-4-3-5-7-12/h3-10H,1-2H3. The molecule has 1 heterocycles. The number of hydrogen-bond donors (Lipinski definition) is 0. The molecule has 0 aliphatic rings. The molecule has 0 radical (unpaired) electrons. The number of halogens is 1. The Morgan fingerprint density at radius 2 is 1.59 bits per heavy atom. The summed E-state index contributed by atoms with van der Waals surface area (Å²) in [7, 11) is -1.94. The second kappa shape index (κ2) is 7.16. The highest BCUT2D eigenvalue weighted by atomic mass is 79.9. The van der Waals surface area contributed by atoms with E-state index in [1.54, 1.807) is 30.3 Å². The van der Waals surface area contributed by atoms with Gasteiger partial charge in [0, 0.05) is 9.86 Å². The van der Waals surface area contributed by atoms with Gasteiger partial charge < -0.3 is 9.47 Å². The van der Waals surface area contributed by atoms with E-state index < -0.39 is 27.7 Å². The largest absolute Gasteiger partial charge is 0.465 e. The van der Waals surface area contributed by atoms with Crippen LogP contribution in [-0.2, 0) is 19.5 Å². The molecular weight excluding hydrogens is 438 g/mol. The van der Waals surface area contributed by atoms with Crippen LogP contribution in [0, 0.1) is 0 Å². The summed E-state index contributed by atoms with van der Waals surface area (Å²) in [6, 6.07) is 12.3. The molecule has 0 aliphatic carbocycles. The third-order valence-corrected chi connectivity index (χ3v) is 6.16. The van der Waals surface area contributed by atoms with Gasteiger partial charge in [-0.3, -0.25) is 0 Å². The van der Waals surface area contributed by atoms with Gasteiger partial charge in [-0.05, 0) is 30.3 Å². The van der Waals surface area contributed by atoms with E-state index >= 15 is 0 Å². The summed E-state index contributed by atoms with van der Waals surface area (Å²) in [6.07, 6.45) is 0. The van der Waals surface area contributed by atoms with Crippen molar-refractivity contribution in [3.05, 3.63) is 64.3 Å². The Morgan fingerprint density at radius 3 is 2.19 bits per heavy atom. The smallest absolute Gasteiger partial charge is 0.356 e. The maximum atomic E-state index is 13.3. The van der Waals surface area contributed by atoms with Crippen LogP contribution in [-0.4, -0.2) is 38.5 Å². The van der Waals surface area contributed by atoms with Crippen molar-refractivity contribution < 1.29 is 27.5 Å². The molecule has 27 heavy (non-hydrogen) atoms. The molecule has 3 rings (SSSR count). The van der Waals surface area contributed by atoms with Crippen LogP contribution in [0.5, 0.6) is 0 Å². The van der Waals surface area contributed by atoms with E-state index in [2.05, 4.69) is 15.9 Å². The fourth-order valence-corrected chi connectivity index (χ4v) is 4.67. The molecule has 140 valence electrons. The fraction of sp³-hybridized carbons (Fsp3) is 0.111. The lowest BCUT2D eigenvalue weighted by atomic mass is 10.1. The summed E-state index contributed by atoms with van der Waals surface area (Å²) in [5.41, 5.74) is -0.440. The van der Waals surface area contributed by atoms with Crippen LogP contribution >= 0.6 is 15.9 Å². The first kappa shape index (κ1) is 19.1. The Balaban J connectivity index is 2.52. The third-order valence-electron chi connectivity index (χ3n) is 3.94. The highest BCUT2D eigenvalue weighted by Gasteiger charge is 2.34. The lowest BCUT2D eigenvalue weighted by Crippen LogP contribution is -2.21. The Kier molecular flexibility index (Phi) is 5.07. The van der Waals surface area contributed by atoms with E-state index in [0.717, 1.165) is 18.2 Å². The van der Waals surface area contributed by atoms with Crippen molar-refractivity contribution >= 4 is 48.8 Å². The number of ether oxygens (including phenoxy) is 2. The molecule has 0 bridgehead atoms. The van der Waals surface area contributed by atoms with Crippen molar-refractivity contribution in [2.45, 2.75) is 4.90 Å². The highest BCUT2D eigenvalue weighted by molar-refractivity contribution is 9.10. The summed E-state index contributed by atoms with van der Waals surface area (Å²) in [5, 5.41) is 0.246. The van der Waals surface area contributed by atoms with Gasteiger partial charge in [-0.15, -0.1) is 0 Å². The minimum absolute atomic E-state index is 0.0358. The maximum Gasteiger partial charge on any atom is 0.356 e. The second-order valence-corrected chi connectivity index (χ2v) is 8.15. The minimum atomic E-state index is -4.19. The Bertz CT molecular complexity index is 1150. The van der Waals surface area contributed by atoms with E-state index in [4.69, 9.17) is 9.47 Å². The Hall–Kier alpha value is -2.65. The van der Waals surface area contributed by atoms with Gasteiger partial charge in [-0.1, -0.05) is 34.1 Å². The van der Waals surface area contributed by atoms with E-state index in [-0.39, 0.29) is 21.4 Å². The van der Waals surface area contributed by atoms with E-state index in [1.807, 2.05) is 0 Å². The molecule has 0 saturated carbocycles. The number of methoxy groups -OCH3 is 2. The average molecular weight is 452 g/mol. The van der Waals surface area contributed by atoms with Gasteiger partial charge in [0.1, 0.15) is 5.56 Å². The van der Waals surface area contributed by atoms with Gasteiger partial charge >= 0.3 is 11.9 Å². The molecule has 0 N–H and O–H groups in total. The SMILES string of the molecule is COC(=O)c1c(C(=O)OC)n(S(=O)(=O)c2ccccc2)c2ccc(Br)cc12. The summed E-state index contributed by atoms with van der Waals surface area (Å²) in [5.74, 6) is -1.82. The Morgan fingerprint density at radius 1 is 0.963 bits per heavy atom. The van der Waals surface area contributed by atoms with Gasteiger partial charge in [0.2, 0.25) is 0 Å². The number of carbonyl (C=O) groups excluding carboxylic acids is 2. The minimum Gasteiger partial charge on any atom is -0.465 e.